The third-order valence-corrected chi connectivity index (χ3v) is 3.81. The third-order valence-electron chi connectivity index (χ3n) is 3.35. The average molecular weight is 340 g/mol. The fourth-order valence-corrected chi connectivity index (χ4v) is 2.67. The summed E-state index contributed by atoms with van der Waals surface area (Å²) in [5.41, 5.74) is 0.566. The number of rotatable bonds is 6. The van der Waals surface area contributed by atoms with E-state index in [4.69, 9.17) is 5.11 Å². The van der Waals surface area contributed by atoms with Crippen LogP contribution in [0.3, 0.4) is 0 Å². The largest absolute Gasteiger partial charge is 0.478 e. The summed E-state index contributed by atoms with van der Waals surface area (Å²) in [6.07, 6.45) is 3.27. The first kappa shape index (κ1) is 15.0. The van der Waals surface area contributed by atoms with Gasteiger partial charge in [-0.15, -0.1) is 0 Å². The number of carbonyl (C=O) groups excluding carboxylic acids is 1. The molecule has 1 aliphatic carbocycles. The van der Waals surface area contributed by atoms with Crippen LogP contribution in [0, 0.1) is 5.92 Å². The lowest BCUT2D eigenvalue weighted by Gasteiger charge is -2.22. The molecule has 0 aliphatic heterocycles. The summed E-state index contributed by atoms with van der Waals surface area (Å²) in [5, 5.41) is 9.07. The molecule has 1 saturated carbocycles. The van der Waals surface area contributed by atoms with Crippen molar-refractivity contribution in [2.45, 2.75) is 26.2 Å². The van der Waals surface area contributed by atoms with Gasteiger partial charge in [-0.25, -0.2) is 4.79 Å². The normalized spacial score (nSPS) is 14.1. The van der Waals surface area contributed by atoms with Crippen LogP contribution in [-0.2, 0) is 0 Å². The fourth-order valence-electron chi connectivity index (χ4n) is 2.18. The summed E-state index contributed by atoms with van der Waals surface area (Å²) in [4.78, 5) is 25.4. The van der Waals surface area contributed by atoms with Gasteiger partial charge in [0.05, 0.1) is 5.56 Å². The van der Waals surface area contributed by atoms with E-state index in [0.717, 1.165) is 13.0 Å². The van der Waals surface area contributed by atoms with Crippen molar-refractivity contribution in [1.82, 2.24) is 4.90 Å². The van der Waals surface area contributed by atoms with E-state index in [0.29, 0.717) is 22.5 Å². The zero-order chi connectivity index (χ0) is 14.7. The highest BCUT2D eigenvalue weighted by atomic mass is 79.9. The summed E-state index contributed by atoms with van der Waals surface area (Å²) in [7, 11) is 0. The summed E-state index contributed by atoms with van der Waals surface area (Å²) in [5.74, 6) is -0.483. The van der Waals surface area contributed by atoms with Crippen LogP contribution < -0.4 is 0 Å². The zero-order valence-corrected chi connectivity index (χ0v) is 13.0. The minimum absolute atomic E-state index is 0.0810. The number of benzene rings is 1. The lowest BCUT2D eigenvalue weighted by Crippen LogP contribution is -2.33. The number of halogens is 1. The molecule has 4 nitrogen and oxygen atoms in total. The van der Waals surface area contributed by atoms with Gasteiger partial charge in [0.1, 0.15) is 0 Å². The number of amides is 1. The maximum Gasteiger partial charge on any atom is 0.335 e. The molecule has 1 fully saturated rings. The van der Waals surface area contributed by atoms with Gasteiger partial charge in [0, 0.05) is 23.1 Å². The fraction of sp³-hybridized carbons (Fsp3) is 0.467. The van der Waals surface area contributed by atoms with Gasteiger partial charge >= 0.3 is 5.97 Å². The Bertz CT molecular complexity index is 526. The van der Waals surface area contributed by atoms with Crippen molar-refractivity contribution >= 4 is 27.8 Å². The van der Waals surface area contributed by atoms with Gasteiger partial charge in [-0.05, 0) is 43.4 Å². The van der Waals surface area contributed by atoms with Crippen LogP contribution in [-0.4, -0.2) is 35.0 Å². The molecule has 1 aliphatic rings. The second-order valence-electron chi connectivity index (χ2n) is 5.23. The van der Waals surface area contributed by atoms with E-state index in [1.165, 1.54) is 25.0 Å². The van der Waals surface area contributed by atoms with Crippen molar-refractivity contribution in [2.75, 3.05) is 13.1 Å². The highest BCUT2D eigenvalue weighted by molar-refractivity contribution is 9.10. The molecule has 0 bridgehead atoms. The number of carbonyl (C=O) groups is 2. The molecule has 1 aromatic carbocycles. The van der Waals surface area contributed by atoms with E-state index < -0.39 is 5.97 Å². The molecule has 2 rings (SSSR count). The van der Waals surface area contributed by atoms with Crippen molar-refractivity contribution in [2.24, 2.45) is 5.92 Å². The van der Waals surface area contributed by atoms with Gasteiger partial charge in [0.15, 0.2) is 0 Å². The number of aromatic carboxylic acids is 1. The maximum atomic E-state index is 12.5. The van der Waals surface area contributed by atoms with Crippen LogP contribution in [0.1, 0.15) is 46.9 Å². The standard InChI is InChI=1S/C15H18BrNO3/c1-2-5-17(9-10-3-4-10)14(18)11-6-12(15(19)20)8-13(16)7-11/h6-8,10H,2-5,9H2,1H3,(H,19,20). The average Bonchev–Trinajstić information content (AvgIpc) is 3.20. The number of nitrogens with zero attached hydrogens (tertiary/aromatic N) is 1. The Morgan fingerprint density at radius 2 is 1.95 bits per heavy atom. The van der Waals surface area contributed by atoms with Crippen LogP contribution >= 0.6 is 15.9 Å². The smallest absolute Gasteiger partial charge is 0.335 e. The van der Waals surface area contributed by atoms with Gasteiger partial charge in [-0.2, -0.15) is 0 Å². The first-order valence-corrected chi connectivity index (χ1v) is 7.63. The Kier molecular flexibility index (Phi) is 4.81. The number of hydrogen-bond acceptors (Lipinski definition) is 2. The molecule has 0 saturated heterocycles. The van der Waals surface area contributed by atoms with Gasteiger partial charge < -0.3 is 10.0 Å². The molecule has 0 aromatic heterocycles. The molecule has 5 heteroatoms. The van der Waals surface area contributed by atoms with Crippen LogP contribution in [0.4, 0.5) is 0 Å². The highest BCUT2D eigenvalue weighted by Crippen LogP contribution is 2.30. The van der Waals surface area contributed by atoms with Crippen LogP contribution in [0.25, 0.3) is 0 Å². The molecule has 0 unspecified atom stereocenters. The van der Waals surface area contributed by atoms with Gasteiger partial charge in [-0.3, -0.25) is 4.79 Å². The molecule has 1 amide bonds. The summed E-state index contributed by atoms with van der Waals surface area (Å²) in [6, 6.07) is 4.64. The van der Waals surface area contributed by atoms with Crippen molar-refractivity contribution in [1.29, 1.82) is 0 Å². The van der Waals surface area contributed by atoms with E-state index in [1.807, 2.05) is 11.8 Å². The lowest BCUT2D eigenvalue weighted by atomic mass is 10.1. The lowest BCUT2D eigenvalue weighted by molar-refractivity contribution is 0.0697. The SMILES string of the molecule is CCCN(CC1CC1)C(=O)c1cc(Br)cc(C(=O)O)c1. The summed E-state index contributed by atoms with van der Waals surface area (Å²) < 4.78 is 0.614. The topological polar surface area (TPSA) is 57.6 Å². The van der Waals surface area contributed by atoms with E-state index in [2.05, 4.69) is 15.9 Å². The Morgan fingerprint density at radius 1 is 1.30 bits per heavy atom. The minimum atomic E-state index is -1.02. The maximum absolute atomic E-state index is 12.5. The van der Waals surface area contributed by atoms with Crippen molar-refractivity contribution < 1.29 is 14.7 Å². The Morgan fingerprint density at radius 3 is 2.50 bits per heavy atom. The Balaban J connectivity index is 2.22. The van der Waals surface area contributed by atoms with Gasteiger partial charge in [-0.1, -0.05) is 22.9 Å². The molecule has 108 valence electrons. The van der Waals surface area contributed by atoms with Crippen molar-refractivity contribution in [3.8, 4) is 0 Å². The molecule has 0 atom stereocenters. The highest BCUT2D eigenvalue weighted by Gasteiger charge is 2.27. The molecule has 0 radical (unpaired) electrons. The van der Waals surface area contributed by atoms with Crippen LogP contribution in [0.2, 0.25) is 0 Å². The second kappa shape index (κ2) is 6.39. The molecule has 0 heterocycles. The van der Waals surface area contributed by atoms with Gasteiger partial charge in [0.2, 0.25) is 0 Å². The van der Waals surface area contributed by atoms with Crippen molar-refractivity contribution in [3.63, 3.8) is 0 Å². The first-order chi connectivity index (χ1) is 9.51. The summed E-state index contributed by atoms with van der Waals surface area (Å²) in [6.45, 7) is 3.53. The van der Waals surface area contributed by atoms with E-state index in [1.54, 1.807) is 6.07 Å². The Labute approximate surface area is 126 Å². The molecular formula is C15H18BrNO3. The van der Waals surface area contributed by atoms with Gasteiger partial charge in [0.25, 0.3) is 5.91 Å². The van der Waals surface area contributed by atoms with Crippen LogP contribution in [0.5, 0.6) is 0 Å². The van der Waals surface area contributed by atoms with E-state index in [-0.39, 0.29) is 11.5 Å². The minimum Gasteiger partial charge on any atom is -0.478 e. The molecular weight excluding hydrogens is 322 g/mol. The summed E-state index contributed by atoms with van der Waals surface area (Å²) >= 11 is 3.27. The predicted octanol–water partition coefficient (Wildman–Crippen LogP) is 3.41. The Hall–Kier alpha value is -1.36. The molecule has 1 aromatic rings. The van der Waals surface area contributed by atoms with E-state index >= 15 is 0 Å². The zero-order valence-electron chi connectivity index (χ0n) is 11.4. The predicted molar refractivity (Wildman–Crippen MR) is 80.0 cm³/mol. The van der Waals surface area contributed by atoms with Crippen LogP contribution in [0.15, 0.2) is 22.7 Å². The molecule has 1 N–H and O–H groups in total. The quantitative estimate of drug-likeness (QED) is 0.863. The third kappa shape index (κ3) is 3.82. The van der Waals surface area contributed by atoms with Crippen molar-refractivity contribution in [3.05, 3.63) is 33.8 Å². The molecule has 0 spiro atoms. The van der Waals surface area contributed by atoms with E-state index in [9.17, 15) is 9.59 Å². The molecule has 20 heavy (non-hydrogen) atoms. The number of carboxylic acid groups (broad SMARTS) is 1. The number of hydrogen-bond donors (Lipinski definition) is 1. The first-order valence-electron chi connectivity index (χ1n) is 6.84. The monoisotopic (exact) mass is 339 g/mol. The second-order valence-corrected chi connectivity index (χ2v) is 6.14. The number of carboxylic acids is 1.